The van der Waals surface area contributed by atoms with Crippen LogP contribution in [0.15, 0.2) is 53.6 Å². The van der Waals surface area contributed by atoms with Gasteiger partial charge in [0, 0.05) is 16.8 Å². The summed E-state index contributed by atoms with van der Waals surface area (Å²) in [6.45, 7) is 3.97. The molecule has 2 atom stereocenters. The van der Waals surface area contributed by atoms with Crippen LogP contribution in [0.5, 0.6) is 0 Å². The van der Waals surface area contributed by atoms with Crippen LogP contribution >= 0.6 is 11.6 Å². The topological polar surface area (TPSA) is 83.3 Å². The van der Waals surface area contributed by atoms with Crippen molar-refractivity contribution in [2.75, 3.05) is 0 Å². The number of carbonyl (C=O) groups excluding carboxylic acids is 1. The van der Waals surface area contributed by atoms with Gasteiger partial charge in [-0.15, -0.1) is 0 Å². The first-order valence-electron chi connectivity index (χ1n) is 9.85. The number of nitrogens with zero attached hydrogens (tertiary/aromatic N) is 3. The number of benzene rings is 2. The Morgan fingerprint density at radius 2 is 2.00 bits per heavy atom. The smallest absolute Gasteiger partial charge is 0.258 e. The molecular weight excluding hydrogens is 419 g/mol. The molecule has 3 aromatic rings. The molecule has 2 unspecified atom stereocenters. The Kier molecular flexibility index (Phi) is 6.13. The minimum absolute atomic E-state index is 0.0850. The second-order valence-electron chi connectivity index (χ2n) is 7.33. The maximum absolute atomic E-state index is 13.8. The van der Waals surface area contributed by atoms with Crippen LogP contribution in [0.3, 0.4) is 0 Å². The number of halogens is 2. The molecular formula is C22H22ClFN6O. The Labute approximate surface area is 184 Å². The second kappa shape index (κ2) is 8.97. The molecule has 160 valence electrons. The molecule has 9 heteroatoms. The highest BCUT2D eigenvalue weighted by Gasteiger charge is 2.33. The fraction of sp³-hybridized carbons (Fsp3) is 0.227. The monoisotopic (exact) mass is 440 g/mol. The van der Waals surface area contributed by atoms with Gasteiger partial charge in [-0.2, -0.15) is 10.2 Å². The highest BCUT2D eigenvalue weighted by atomic mass is 35.5. The van der Waals surface area contributed by atoms with E-state index < -0.39 is 11.9 Å². The number of carbonyl (C=O) groups is 1. The molecule has 0 saturated carbocycles. The van der Waals surface area contributed by atoms with Gasteiger partial charge in [0.2, 0.25) is 0 Å². The van der Waals surface area contributed by atoms with Gasteiger partial charge in [-0.25, -0.2) is 25.3 Å². The van der Waals surface area contributed by atoms with Crippen molar-refractivity contribution >= 4 is 23.7 Å². The summed E-state index contributed by atoms with van der Waals surface area (Å²) >= 11 is 5.96. The van der Waals surface area contributed by atoms with Crippen molar-refractivity contribution in [2.45, 2.75) is 32.4 Å². The number of nitrogens with one attached hydrogen (secondary N) is 3. The minimum atomic E-state index is -0.507. The van der Waals surface area contributed by atoms with Crippen molar-refractivity contribution in [2.24, 2.45) is 5.10 Å². The van der Waals surface area contributed by atoms with Crippen molar-refractivity contribution in [1.82, 2.24) is 26.1 Å². The van der Waals surface area contributed by atoms with Crippen LogP contribution < -0.4 is 16.3 Å². The van der Waals surface area contributed by atoms with Gasteiger partial charge < -0.3 is 0 Å². The maximum atomic E-state index is 13.8. The summed E-state index contributed by atoms with van der Waals surface area (Å²) in [4.78, 5) is 12.5. The molecule has 4 rings (SSSR count). The van der Waals surface area contributed by atoms with E-state index in [-0.39, 0.29) is 22.5 Å². The second-order valence-corrected chi connectivity index (χ2v) is 7.74. The summed E-state index contributed by atoms with van der Waals surface area (Å²) < 4.78 is 15.7. The predicted octanol–water partition coefficient (Wildman–Crippen LogP) is 3.34. The SMILES string of the molecule is Cc1nn(-c2ccccc2)c(C)c1C1CC(C(=O)N/N=C/c2c(F)cccc2Cl)NN1. The first kappa shape index (κ1) is 21.2. The lowest BCUT2D eigenvalue weighted by molar-refractivity contribution is -0.122. The zero-order valence-corrected chi connectivity index (χ0v) is 17.8. The Morgan fingerprint density at radius 3 is 2.74 bits per heavy atom. The average molecular weight is 441 g/mol. The number of para-hydroxylation sites is 1. The molecule has 1 amide bonds. The van der Waals surface area contributed by atoms with Crippen LogP contribution in [0.4, 0.5) is 4.39 Å². The third-order valence-corrected chi connectivity index (χ3v) is 5.61. The number of rotatable bonds is 5. The molecule has 1 saturated heterocycles. The van der Waals surface area contributed by atoms with Crippen LogP contribution in [0, 0.1) is 19.7 Å². The molecule has 0 bridgehead atoms. The van der Waals surface area contributed by atoms with Gasteiger partial charge >= 0.3 is 0 Å². The zero-order valence-electron chi connectivity index (χ0n) is 17.1. The van der Waals surface area contributed by atoms with Gasteiger partial charge in [-0.05, 0) is 44.5 Å². The molecule has 1 aliphatic heterocycles. The van der Waals surface area contributed by atoms with Crippen LogP contribution in [0.25, 0.3) is 5.69 Å². The maximum Gasteiger partial charge on any atom is 0.258 e. The van der Waals surface area contributed by atoms with E-state index in [4.69, 9.17) is 11.6 Å². The van der Waals surface area contributed by atoms with Gasteiger partial charge in [0.15, 0.2) is 0 Å². The summed E-state index contributed by atoms with van der Waals surface area (Å²) in [5.41, 5.74) is 12.7. The Hall–Kier alpha value is -3.07. The predicted molar refractivity (Wildman–Crippen MR) is 118 cm³/mol. The highest BCUT2D eigenvalue weighted by molar-refractivity contribution is 6.33. The van der Waals surface area contributed by atoms with E-state index in [0.29, 0.717) is 6.42 Å². The number of hydrazone groups is 1. The number of aryl methyl sites for hydroxylation is 1. The van der Waals surface area contributed by atoms with Gasteiger partial charge in [-0.3, -0.25) is 4.79 Å². The van der Waals surface area contributed by atoms with Gasteiger partial charge in [0.1, 0.15) is 11.9 Å². The van der Waals surface area contributed by atoms with Crippen LogP contribution in [0.1, 0.15) is 35.0 Å². The Morgan fingerprint density at radius 1 is 1.23 bits per heavy atom. The molecule has 31 heavy (non-hydrogen) atoms. The van der Waals surface area contributed by atoms with Crippen molar-refractivity contribution in [3.8, 4) is 5.69 Å². The summed E-state index contributed by atoms with van der Waals surface area (Å²) in [6, 6.07) is 13.7. The van der Waals surface area contributed by atoms with Crippen LogP contribution in [0.2, 0.25) is 5.02 Å². The lowest BCUT2D eigenvalue weighted by atomic mass is 10.00. The molecule has 2 aromatic carbocycles. The molecule has 0 radical (unpaired) electrons. The van der Waals surface area contributed by atoms with E-state index in [0.717, 1.165) is 22.6 Å². The van der Waals surface area contributed by atoms with Gasteiger partial charge in [0.25, 0.3) is 5.91 Å². The molecule has 0 aliphatic carbocycles. The van der Waals surface area contributed by atoms with Crippen molar-refractivity contribution < 1.29 is 9.18 Å². The number of hydrogen-bond donors (Lipinski definition) is 3. The molecule has 1 aliphatic rings. The zero-order chi connectivity index (χ0) is 22.0. The third-order valence-electron chi connectivity index (χ3n) is 5.28. The molecule has 0 spiro atoms. The average Bonchev–Trinajstić information content (AvgIpc) is 3.35. The van der Waals surface area contributed by atoms with Gasteiger partial charge in [-0.1, -0.05) is 35.9 Å². The molecule has 1 fully saturated rings. The number of aromatic nitrogens is 2. The van der Waals surface area contributed by atoms with Crippen LogP contribution in [-0.2, 0) is 4.79 Å². The number of amides is 1. The number of hydrazine groups is 1. The molecule has 7 nitrogen and oxygen atoms in total. The standard InChI is InChI=1S/C22H22ClFN6O/c1-13-21(14(2)30(29-13)15-7-4-3-5-8-15)19-11-20(27-26-19)22(31)28-25-12-16-17(23)9-6-10-18(16)24/h3-10,12,19-20,26-27H,11H2,1-2H3,(H,28,31)/b25-12+. The third kappa shape index (κ3) is 4.36. The minimum Gasteiger partial charge on any atom is -0.271 e. The molecule has 3 N–H and O–H groups in total. The lowest BCUT2D eigenvalue weighted by Gasteiger charge is -2.11. The first-order chi connectivity index (χ1) is 15.0. The summed E-state index contributed by atoms with van der Waals surface area (Å²) in [5.74, 6) is -0.836. The normalized spacial score (nSPS) is 18.6. The Balaban J connectivity index is 1.43. The van der Waals surface area contributed by atoms with E-state index >= 15 is 0 Å². The van der Waals surface area contributed by atoms with Crippen molar-refractivity contribution in [3.63, 3.8) is 0 Å². The summed E-state index contributed by atoms with van der Waals surface area (Å²) in [6.07, 6.45) is 1.72. The van der Waals surface area contributed by atoms with E-state index in [1.165, 1.54) is 18.3 Å². The van der Waals surface area contributed by atoms with E-state index in [1.54, 1.807) is 6.07 Å². The summed E-state index contributed by atoms with van der Waals surface area (Å²) in [5, 5.41) is 8.74. The summed E-state index contributed by atoms with van der Waals surface area (Å²) in [7, 11) is 0. The van der Waals surface area contributed by atoms with Gasteiger partial charge in [0.05, 0.1) is 28.7 Å². The highest BCUT2D eigenvalue weighted by Crippen LogP contribution is 2.29. The van der Waals surface area contributed by atoms with Crippen molar-refractivity contribution in [1.29, 1.82) is 0 Å². The largest absolute Gasteiger partial charge is 0.271 e. The lowest BCUT2D eigenvalue weighted by Crippen LogP contribution is -2.41. The first-order valence-corrected chi connectivity index (χ1v) is 10.2. The number of hydrogen-bond acceptors (Lipinski definition) is 5. The van der Waals surface area contributed by atoms with Crippen molar-refractivity contribution in [3.05, 3.63) is 81.9 Å². The van der Waals surface area contributed by atoms with E-state index in [2.05, 4.69) is 26.5 Å². The molecule has 2 heterocycles. The van der Waals surface area contributed by atoms with E-state index in [9.17, 15) is 9.18 Å². The van der Waals surface area contributed by atoms with Crippen LogP contribution in [-0.4, -0.2) is 27.9 Å². The quantitative estimate of drug-likeness (QED) is 0.419. The Bertz CT molecular complexity index is 1110. The fourth-order valence-electron chi connectivity index (χ4n) is 3.77. The molecule has 1 aromatic heterocycles. The fourth-order valence-corrected chi connectivity index (χ4v) is 3.98. The van der Waals surface area contributed by atoms with E-state index in [1.807, 2.05) is 48.9 Å².